The van der Waals surface area contributed by atoms with Crippen LogP contribution in [-0.4, -0.2) is 29.9 Å². The lowest BCUT2D eigenvalue weighted by Crippen LogP contribution is -2.37. The molecule has 1 heterocycles. The van der Waals surface area contributed by atoms with Gasteiger partial charge in [0.05, 0.1) is 19.1 Å². The zero-order valence-electron chi connectivity index (χ0n) is 17.3. The van der Waals surface area contributed by atoms with Crippen LogP contribution in [0.2, 0.25) is 0 Å². The molecule has 1 saturated carbocycles. The molecule has 1 N–H and O–H groups in total. The number of aliphatic hydroxyl groups excluding tert-OH is 1. The van der Waals surface area contributed by atoms with Crippen LogP contribution in [0.25, 0.3) is 0 Å². The minimum Gasteiger partial charge on any atom is -0.462 e. The van der Waals surface area contributed by atoms with Crippen LogP contribution in [0.5, 0.6) is 0 Å². The minimum absolute atomic E-state index is 0.00233. The van der Waals surface area contributed by atoms with Crippen LogP contribution in [-0.2, 0) is 19.9 Å². The topological polar surface area (TPSA) is 55.8 Å². The molecule has 0 unspecified atom stereocenters. The Morgan fingerprint density at radius 1 is 0.839 bits per heavy atom. The molecule has 0 radical (unpaired) electrons. The summed E-state index contributed by atoms with van der Waals surface area (Å²) in [7, 11) is 0. The van der Waals surface area contributed by atoms with Gasteiger partial charge in [-0.25, -0.2) is 0 Å². The van der Waals surface area contributed by atoms with Crippen molar-refractivity contribution in [2.75, 3.05) is 6.61 Å². The number of fused-ring (bicyclic) bond motifs is 1. The predicted octanol–water partition coefficient (Wildman–Crippen LogP) is 4.31. The van der Waals surface area contributed by atoms with Crippen molar-refractivity contribution in [2.45, 2.75) is 30.7 Å². The quantitative estimate of drug-likeness (QED) is 0.482. The van der Waals surface area contributed by atoms with Gasteiger partial charge < -0.3 is 14.6 Å². The molecule has 0 aromatic heterocycles. The number of benzene rings is 3. The fourth-order valence-corrected chi connectivity index (χ4v) is 5.20. The Bertz CT molecular complexity index is 922. The molecule has 2 fully saturated rings. The summed E-state index contributed by atoms with van der Waals surface area (Å²) in [5.41, 5.74) is 2.24. The summed E-state index contributed by atoms with van der Waals surface area (Å²) in [6.45, 7) is 0.331. The molecular weight excluding hydrogens is 388 g/mol. The Hall–Kier alpha value is -2.95. The lowest BCUT2D eigenvalue weighted by molar-refractivity contribution is -0.141. The zero-order valence-corrected chi connectivity index (χ0v) is 17.3. The summed E-state index contributed by atoms with van der Waals surface area (Å²) >= 11 is 0. The molecular formula is C27H26O4. The third kappa shape index (κ3) is 3.56. The van der Waals surface area contributed by atoms with Crippen molar-refractivity contribution in [3.8, 4) is 0 Å². The summed E-state index contributed by atoms with van der Waals surface area (Å²) < 4.78 is 12.3. The first-order chi connectivity index (χ1) is 15.2. The Kier molecular flexibility index (Phi) is 5.34. The molecule has 3 aromatic rings. The van der Waals surface area contributed by atoms with E-state index in [1.807, 2.05) is 54.6 Å². The summed E-state index contributed by atoms with van der Waals surface area (Å²) in [6, 6.07) is 30.6. The lowest BCUT2D eigenvalue weighted by atomic mass is 9.79. The largest absolute Gasteiger partial charge is 0.462 e. The minimum atomic E-state index is -0.828. The summed E-state index contributed by atoms with van der Waals surface area (Å²) in [6.07, 6.45) is 0.100. The van der Waals surface area contributed by atoms with E-state index in [0.717, 1.165) is 16.7 Å². The van der Waals surface area contributed by atoms with Crippen LogP contribution in [0.4, 0.5) is 0 Å². The maximum Gasteiger partial charge on any atom is 0.306 e. The van der Waals surface area contributed by atoms with E-state index < -0.39 is 11.7 Å². The number of hydrogen-bond acceptors (Lipinski definition) is 4. The van der Waals surface area contributed by atoms with Crippen LogP contribution in [0.3, 0.4) is 0 Å². The van der Waals surface area contributed by atoms with E-state index in [-0.39, 0.29) is 23.9 Å². The molecule has 2 aliphatic rings. The molecule has 31 heavy (non-hydrogen) atoms. The van der Waals surface area contributed by atoms with Gasteiger partial charge in [-0.2, -0.15) is 0 Å². The van der Waals surface area contributed by atoms with Gasteiger partial charge in [0, 0.05) is 18.3 Å². The highest BCUT2D eigenvalue weighted by Gasteiger charge is 2.50. The lowest BCUT2D eigenvalue weighted by Gasteiger charge is -2.37. The highest BCUT2D eigenvalue weighted by atomic mass is 16.6. The van der Waals surface area contributed by atoms with E-state index in [4.69, 9.17) is 9.47 Å². The fraction of sp³-hybridized carbons (Fsp3) is 0.296. The van der Waals surface area contributed by atoms with Gasteiger partial charge in [0.15, 0.2) is 0 Å². The monoisotopic (exact) mass is 414 g/mol. The third-order valence-electron chi connectivity index (χ3n) is 6.71. The van der Waals surface area contributed by atoms with Crippen molar-refractivity contribution in [3.63, 3.8) is 0 Å². The van der Waals surface area contributed by atoms with Crippen LogP contribution >= 0.6 is 0 Å². The molecule has 5 rings (SSSR count). The number of rotatable bonds is 6. The highest BCUT2D eigenvalue weighted by molar-refractivity contribution is 5.72. The van der Waals surface area contributed by atoms with E-state index in [0.29, 0.717) is 19.4 Å². The molecule has 0 amide bonds. The first-order valence-electron chi connectivity index (χ1n) is 10.9. The van der Waals surface area contributed by atoms with Gasteiger partial charge in [0.2, 0.25) is 0 Å². The van der Waals surface area contributed by atoms with Crippen molar-refractivity contribution in [1.29, 1.82) is 0 Å². The maximum atomic E-state index is 11.8. The molecule has 1 aliphatic carbocycles. The van der Waals surface area contributed by atoms with Crippen molar-refractivity contribution in [2.24, 2.45) is 11.8 Å². The molecule has 4 nitrogen and oxygen atoms in total. The second kappa shape index (κ2) is 8.29. The normalized spacial score (nSPS) is 25.3. The standard InChI is InChI=1S/C27H26O4/c28-24-17-25-22(16-26(29)31-25)23(24)18-30-27(19-10-4-1-5-11-19,20-12-6-2-7-13-20)21-14-8-3-9-15-21/h1-15,22-25,28H,16-18H2/t22-,23-,24-,25-/m1/s1. The van der Waals surface area contributed by atoms with Gasteiger partial charge in [-0.05, 0) is 16.7 Å². The second-order valence-corrected chi connectivity index (χ2v) is 8.45. The highest BCUT2D eigenvalue weighted by Crippen LogP contribution is 2.45. The van der Waals surface area contributed by atoms with Crippen molar-refractivity contribution >= 4 is 5.97 Å². The summed E-state index contributed by atoms with van der Waals surface area (Å²) in [5.74, 6) is -0.318. The number of carbonyl (C=O) groups excluding carboxylic acids is 1. The maximum absolute atomic E-state index is 11.8. The second-order valence-electron chi connectivity index (χ2n) is 8.45. The summed E-state index contributed by atoms with van der Waals surface area (Å²) in [4.78, 5) is 11.8. The van der Waals surface area contributed by atoms with Crippen molar-refractivity contribution < 1.29 is 19.4 Å². The van der Waals surface area contributed by atoms with E-state index >= 15 is 0 Å². The molecule has 1 aliphatic heterocycles. The average molecular weight is 415 g/mol. The Morgan fingerprint density at radius 3 is 1.81 bits per heavy atom. The van der Waals surface area contributed by atoms with Crippen LogP contribution in [0.15, 0.2) is 91.0 Å². The Morgan fingerprint density at radius 2 is 1.32 bits per heavy atom. The number of ether oxygens (including phenoxy) is 2. The molecule has 158 valence electrons. The molecule has 3 aromatic carbocycles. The van der Waals surface area contributed by atoms with Crippen LogP contribution < -0.4 is 0 Å². The molecule has 0 spiro atoms. The van der Waals surface area contributed by atoms with Gasteiger partial charge in [0.1, 0.15) is 11.7 Å². The van der Waals surface area contributed by atoms with Gasteiger partial charge in [-0.15, -0.1) is 0 Å². The Balaban J connectivity index is 1.58. The van der Waals surface area contributed by atoms with Gasteiger partial charge in [0.25, 0.3) is 0 Å². The first-order valence-corrected chi connectivity index (χ1v) is 10.9. The third-order valence-corrected chi connectivity index (χ3v) is 6.71. The molecule has 1 saturated heterocycles. The molecule has 0 bridgehead atoms. The van der Waals surface area contributed by atoms with Gasteiger partial charge in [-0.3, -0.25) is 4.79 Å². The van der Waals surface area contributed by atoms with Gasteiger partial charge >= 0.3 is 5.97 Å². The average Bonchev–Trinajstić information content (AvgIpc) is 3.31. The smallest absolute Gasteiger partial charge is 0.306 e. The first kappa shape index (κ1) is 20.0. The van der Waals surface area contributed by atoms with Crippen molar-refractivity contribution in [3.05, 3.63) is 108 Å². The van der Waals surface area contributed by atoms with E-state index in [9.17, 15) is 9.90 Å². The SMILES string of the molecule is O=C1C[C@@H]2[C@@H](COC(c3ccccc3)(c3ccccc3)c3ccccc3)[C@H](O)C[C@H]2O1. The van der Waals surface area contributed by atoms with E-state index in [2.05, 4.69) is 36.4 Å². The number of aliphatic hydroxyl groups is 1. The molecule has 4 atom stereocenters. The number of esters is 1. The molecule has 4 heteroatoms. The van der Waals surface area contributed by atoms with Crippen LogP contribution in [0, 0.1) is 11.8 Å². The van der Waals surface area contributed by atoms with E-state index in [1.54, 1.807) is 0 Å². The number of carbonyl (C=O) groups is 1. The summed E-state index contributed by atoms with van der Waals surface area (Å²) in [5, 5.41) is 10.7. The number of hydrogen-bond donors (Lipinski definition) is 1. The van der Waals surface area contributed by atoms with Crippen molar-refractivity contribution in [1.82, 2.24) is 0 Å². The van der Waals surface area contributed by atoms with Crippen LogP contribution in [0.1, 0.15) is 29.5 Å². The predicted molar refractivity (Wildman–Crippen MR) is 117 cm³/mol. The zero-order chi connectivity index (χ0) is 21.3. The van der Waals surface area contributed by atoms with E-state index in [1.165, 1.54) is 0 Å². The Labute approximate surface area is 182 Å². The van der Waals surface area contributed by atoms with Gasteiger partial charge in [-0.1, -0.05) is 91.0 Å². The fourth-order valence-electron chi connectivity index (χ4n) is 5.20.